The van der Waals surface area contributed by atoms with Gasteiger partial charge in [-0.05, 0) is 42.5 Å². The van der Waals surface area contributed by atoms with Gasteiger partial charge in [-0.2, -0.15) is 0 Å². The lowest BCUT2D eigenvalue weighted by molar-refractivity contribution is -0.118. The van der Waals surface area contributed by atoms with Gasteiger partial charge in [0.1, 0.15) is 37.1 Å². The Morgan fingerprint density at radius 2 is 1.91 bits per heavy atom. The maximum atomic E-state index is 12.2. The number of ether oxygens (including phenoxy) is 5. The van der Waals surface area contributed by atoms with Crippen LogP contribution in [0.4, 0.5) is 0 Å². The molecule has 0 atom stereocenters. The molecule has 1 fully saturated rings. The first-order chi connectivity index (χ1) is 16.6. The number of hydrogen-bond donors (Lipinski definition) is 0. The highest BCUT2D eigenvalue weighted by Crippen LogP contribution is 2.48. The van der Waals surface area contributed by atoms with Crippen LogP contribution in [0.3, 0.4) is 0 Å². The summed E-state index contributed by atoms with van der Waals surface area (Å²) in [6, 6.07) is 8.99. The lowest BCUT2D eigenvalue weighted by Crippen LogP contribution is -2.17. The fraction of sp³-hybridized carbons (Fsp3) is 0.385. The van der Waals surface area contributed by atoms with Crippen molar-refractivity contribution < 1.29 is 28.5 Å². The number of pyridine rings is 1. The third kappa shape index (κ3) is 5.05. The molecule has 178 valence electrons. The minimum absolute atomic E-state index is 0.227. The van der Waals surface area contributed by atoms with Crippen molar-refractivity contribution in [3.8, 4) is 28.7 Å². The van der Waals surface area contributed by atoms with E-state index < -0.39 is 0 Å². The molecule has 7 nitrogen and oxygen atoms in total. The Labute approximate surface area is 202 Å². The first-order valence-corrected chi connectivity index (χ1v) is 11.8. The molecule has 2 heterocycles. The van der Waals surface area contributed by atoms with Crippen LogP contribution in [0.2, 0.25) is 5.02 Å². The van der Waals surface area contributed by atoms with Gasteiger partial charge >= 0.3 is 0 Å². The van der Waals surface area contributed by atoms with Crippen molar-refractivity contribution in [1.29, 1.82) is 0 Å². The van der Waals surface area contributed by atoms with Crippen LogP contribution in [0.5, 0.6) is 28.7 Å². The predicted molar refractivity (Wildman–Crippen MR) is 128 cm³/mol. The highest BCUT2D eigenvalue weighted by molar-refractivity contribution is 6.31. The molecule has 0 amide bonds. The van der Waals surface area contributed by atoms with Gasteiger partial charge in [0.2, 0.25) is 5.75 Å². The topological polar surface area (TPSA) is 76.1 Å². The number of fused-ring (bicyclic) bond motifs is 3. The Hall–Kier alpha value is -3.03. The van der Waals surface area contributed by atoms with E-state index in [-0.39, 0.29) is 5.78 Å². The SMILES string of the molecule is COCCOc1cc2nccc(Oc3ccc(CC(=O)CC4CC4)c(Cl)c3)c2c2c1OCCO2. The minimum atomic E-state index is 0.227. The second-order valence-corrected chi connectivity index (χ2v) is 8.90. The normalized spacial score (nSPS) is 14.8. The summed E-state index contributed by atoms with van der Waals surface area (Å²) in [4.78, 5) is 16.7. The van der Waals surface area contributed by atoms with Crippen molar-refractivity contribution in [3.63, 3.8) is 0 Å². The number of carbonyl (C=O) groups excluding carboxylic acids is 1. The van der Waals surface area contributed by atoms with Crippen LogP contribution < -0.4 is 18.9 Å². The fourth-order valence-corrected chi connectivity index (χ4v) is 4.23. The van der Waals surface area contributed by atoms with Gasteiger partial charge in [0, 0.05) is 37.2 Å². The van der Waals surface area contributed by atoms with E-state index in [1.165, 1.54) is 0 Å². The van der Waals surface area contributed by atoms with Gasteiger partial charge in [-0.3, -0.25) is 9.78 Å². The van der Waals surface area contributed by atoms with Crippen LogP contribution in [0.15, 0.2) is 36.5 Å². The van der Waals surface area contributed by atoms with Crippen LogP contribution in [0, 0.1) is 5.92 Å². The zero-order chi connectivity index (χ0) is 23.5. The van der Waals surface area contributed by atoms with Crippen molar-refractivity contribution in [2.45, 2.75) is 25.7 Å². The molecule has 0 bridgehead atoms. The molecule has 8 heteroatoms. The first-order valence-electron chi connectivity index (χ1n) is 11.4. The average molecular weight is 484 g/mol. The molecule has 0 radical (unpaired) electrons. The molecule has 1 aromatic heterocycles. The molecule has 5 rings (SSSR count). The second kappa shape index (κ2) is 10.1. The summed E-state index contributed by atoms with van der Waals surface area (Å²) in [7, 11) is 1.62. The molecule has 0 unspecified atom stereocenters. The van der Waals surface area contributed by atoms with Gasteiger partial charge in [-0.15, -0.1) is 0 Å². The summed E-state index contributed by atoms with van der Waals surface area (Å²) in [5.74, 6) is 3.52. The molecule has 0 spiro atoms. The zero-order valence-electron chi connectivity index (χ0n) is 19.0. The number of carbonyl (C=O) groups is 1. The zero-order valence-corrected chi connectivity index (χ0v) is 19.7. The average Bonchev–Trinajstić information content (AvgIpc) is 3.65. The Kier molecular flexibility index (Phi) is 6.74. The van der Waals surface area contributed by atoms with Crippen LogP contribution in [0.25, 0.3) is 10.9 Å². The van der Waals surface area contributed by atoms with E-state index in [0.717, 1.165) is 18.4 Å². The Morgan fingerprint density at radius 1 is 1.09 bits per heavy atom. The van der Waals surface area contributed by atoms with E-state index in [0.29, 0.717) is 89.9 Å². The lowest BCUT2D eigenvalue weighted by Gasteiger charge is -2.23. The largest absolute Gasteiger partial charge is 0.487 e. The number of benzene rings is 2. The lowest BCUT2D eigenvalue weighted by atomic mass is 10.0. The third-order valence-corrected chi connectivity index (χ3v) is 6.19. The highest BCUT2D eigenvalue weighted by Gasteiger charge is 2.26. The molecule has 2 aliphatic rings. The number of ketones is 1. The molecule has 34 heavy (non-hydrogen) atoms. The van der Waals surface area contributed by atoms with Crippen molar-refractivity contribution >= 4 is 28.3 Å². The predicted octanol–water partition coefficient (Wildman–Crippen LogP) is 5.39. The van der Waals surface area contributed by atoms with Gasteiger partial charge in [0.25, 0.3) is 0 Å². The molecule has 1 aliphatic heterocycles. The summed E-state index contributed by atoms with van der Waals surface area (Å²) in [6.07, 6.45) is 4.97. The van der Waals surface area contributed by atoms with Gasteiger partial charge < -0.3 is 23.7 Å². The number of methoxy groups -OCH3 is 1. The molecule has 0 N–H and O–H groups in total. The maximum Gasteiger partial charge on any atom is 0.204 e. The Balaban J connectivity index is 1.42. The standard InChI is InChI=1S/C26H26ClNO6/c1-30-8-9-31-23-15-21-24(26-25(23)32-10-11-33-26)22(6-7-28-21)34-19-5-4-17(20(27)14-19)13-18(29)12-16-2-3-16/h4-7,14-16H,2-3,8-13H2,1H3. The number of rotatable bonds is 10. The fourth-order valence-electron chi connectivity index (χ4n) is 3.99. The third-order valence-electron chi connectivity index (χ3n) is 5.84. The minimum Gasteiger partial charge on any atom is -0.487 e. The first kappa shape index (κ1) is 22.7. The molecule has 1 aliphatic carbocycles. The molecular formula is C26H26ClNO6. The van der Waals surface area contributed by atoms with E-state index in [4.69, 9.17) is 35.3 Å². The summed E-state index contributed by atoms with van der Waals surface area (Å²) >= 11 is 6.49. The van der Waals surface area contributed by atoms with E-state index >= 15 is 0 Å². The van der Waals surface area contributed by atoms with Gasteiger partial charge in [0.15, 0.2) is 11.5 Å². The van der Waals surface area contributed by atoms with Gasteiger partial charge in [0.05, 0.1) is 17.5 Å². The Morgan fingerprint density at radius 3 is 2.68 bits per heavy atom. The van der Waals surface area contributed by atoms with Crippen molar-refractivity contribution in [2.24, 2.45) is 5.92 Å². The summed E-state index contributed by atoms with van der Waals surface area (Å²) in [6.45, 7) is 1.66. The maximum absolute atomic E-state index is 12.2. The van der Waals surface area contributed by atoms with E-state index in [1.54, 1.807) is 25.4 Å². The Bertz CT molecular complexity index is 1210. The monoisotopic (exact) mass is 483 g/mol. The molecule has 0 saturated heterocycles. The van der Waals surface area contributed by atoms with E-state index in [9.17, 15) is 4.79 Å². The number of halogens is 1. The summed E-state index contributed by atoms with van der Waals surface area (Å²) in [5.41, 5.74) is 1.47. The van der Waals surface area contributed by atoms with Crippen LogP contribution in [-0.2, 0) is 16.0 Å². The molecular weight excluding hydrogens is 458 g/mol. The van der Waals surface area contributed by atoms with Crippen molar-refractivity contribution in [2.75, 3.05) is 33.5 Å². The van der Waals surface area contributed by atoms with Crippen molar-refractivity contribution in [1.82, 2.24) is 4.98 Å². The van der Waals surface area contributed by atoms with E-state index in [2.05, 4.69) is 4.98 Å². The molecule has 2 aromatic carbocycles. The number of aromatic nitrogens is 1. The molecule has 1 saturated carbocycles. The number of nitrogens with zero attached hydrogens (tertiary/aromatic N) is 1. The molecule has 3 aromatic rings. The van der Waals surface area contributed by atoms with Crippen LogP contribution in [-0.4, -0.2) is 44.3 Å². The number of hydrogen-bond acceptors (Lipinski definition) is 7. The van der Waals surface area contributed by atoms with Gasteiger partial charge in [-0.25, -0.2) is 0 Å². The van der Waals surface area contributed by atoms with Crippen molar-refractivity contribution in [3.05, 3.63) is 47.1 Å². The summed E-state index contributed by atoms with van der Waals surface area (Å²) < 4.78 is 29.0. The van der Waals surface area contributed by atoms with Crippen LogP contribution in [0.1, 0.15) is 24.8 Å². The smallest absolute Gasteiger partial charge is 0.204 e. The number of Topliss-reactive ketones (excluding diaryl/α,β-unsaturated/α-hetero) is 1. The summed E-state index contributed by atoms with van der Waals surface area (Å²) in [5, 5.41) is 1.20. The quantitative estimate of drug-likeness (QED) is 0.358. The van der Waals surface area contributed by atoms with Crippen LogP contribution >= 0.6 is 11.6 Å². The van der Waals surface area contributed by atoms with E-state index in [1.807, 2.05) is 18.2 Å². The second-order valence-electron chi connectivity index (χ2n) is 8.49. The van der Waals surface area contributed by atoms with Gasteiger partial charge in [-0.1, -0.05) is 17.7 Å². The highest BCUT2D eigenvalue weighted by atomic mass is 35.5.